The second-order valence-corrected chi connectivity index (χ2v) is 23.2. The first-order chi connectivity index (χ1) is 15.8. The van der Waals surface area contributed by atoms with Gasteiger partial charge in [-0.2, -0.15) is 0 Å². The Morgan fingerprint density at radius 3 is 1.18 bits per heavy atom. The lowest BCUT2D eigenvalue weighted by atomic mass is 10.2. The van der Waals surface area contributed by atoms with Crippen molar-refractivity contribution >= 4 is 16.1 Å². The molecular formula is C31H53NSi2. The average molecular weight is 496 g/mol. The van der Waals surface area contributed by atoms with Crippen LogP contribution in [0.15, 0.2) is 30.3 Å². The van der Waals surface area contributed by atoms with E-state index in [9.17, 15) is 0 Å². The van der Waals surface area contributed by atoms with E-state index in [0.29, 0.717) is 33.2 Å². The van der Waals surface area contributed by atoms with Crippen molar-refractivity contribution in [2.75, 3.05) is 13.1 Å². The first kappa shape index (κ1) is 30.8. The van der Waals surface area contributed by atoms with E-state index in [-0.39, 0.29) is 0 Å². The number of rotatable bonds is 10. The Bertz CT molecular complexity index is 749. The van der Waals surface area contributed by atoms with Crippen LogP contribution in [-0.2, 0) is 6.54 Å². The Labute approximate surface area is 215 Å². The van der Waals surface area contributed by atoms with Crippen LogP contribution in [0.3, 0.4) is 0 Å². The zero-order valence-electron chi connectivity index (χ0n) is 24.4. The van der Waals surface area contributed by atoms with Gasteiger partial charge in [0.1, 0.15) is 16.1 Å². The lowest BCUT2D eigenvalue weighted by molar-refractivity contribution is 0.337. The Balaban J connectivity index is 3.29. The Morgan fingerprint density at radius 2 is 0.882 bits per heavy atom. The molecule has 0 N–H and O–H groups in total. The zero-order chi connectivity index (χ0) is 26.1. The SMILES string of the molecule is CC(C)[Si](C#CCN(CC#C[Si](C(C)C)(C(C)C)C(C)C)Cc1ccccc1)(C(C)C)C(C)C. The van der Waals surface area contributed by atoms with E-state index in [2.05, 4.69) is 141 Å². The summed E-state index contributed by atoms with van der Waals surface area (Å²) < 4.78 is 0. The van der Waals surface area contributed by atoms with E-state index >= 15 is 0 Å². The predicted octanol–water partition coefficient (Wildman–Crippen LogP) is 8.93. The minimum atomic E-state index is -1.71. The van der Waals surface area contributed by atoms with Crippen LogP contribution < -0.4 is 0 Å². The lowest BCUT2D eigenvalue weighted by Crippen LogP contribution is -2.43. The van der Waals surface area contributed by atoms with Crippen LogP contribution in [0.1, 0.15) is 88.6 Å². The molecule has 1 aromatic rings. The van der Waals surface area contributed by atoms with Gasteiger partial charge in [-0.3, -0.25) is 4.90 Å². The third-order valence-electron chi connectivity index (χ3n) is 8.20. The summed E-state index contributed by atoms with van der Waals surface area (Å²) in [6, 6.07) is 10.8. The molecule has 190 valence electrons. The molecule has 0 unspecified atom stereocenters. The van der Waals surface area contributed by atoms with Gasteiger partial charge in [-0.1, -0.05) is 125 Å². The van der Waals surface area contributed by atoms with Crippen molar-refractivity contribution in [1.29, 1.82) is 0 Å². The average Bonchev–Trinajstić information content (AvgIpc) is 2.73. The van der Waals surface area contributed by atoms with Gasteiger partial charge < -0.3 is 0 Å². The maximum Gasteiger partial charge on any atom is 0.146 e. The van der Waals surface area contributed by atoms with Crippen molar-refractivity contribution in [3.05, 3.63) is 35.9 Å². The Kier molecular flexibility index (Phi) is 12.4. The van der Waals surface area contributed by atoms with Gasteiger partial charge in [-0.15, -0.1) is 11.1 Å². The monoisotopic (exact) mass is 495 g/mol. The maximum atomic E-state index is 3.92. The van der Waals surface area contributed by atoms with Gasteiger partial charge in [-0.25, -0.2) is 0 Å². The van der Waals surface area contributed by atoms with Crippen molar-refractivity contribution in [3.8, 4) is 22.9 Å². The largest absolute Gasteiger partial charge is 0.277 e. The normalized spacial score (nSPS) is 12.7. The summed E-state index contributed by atoms with van der Waals surface area (Å²) in [6.07, 6.45) is 0. The summed E-state index contributed by atoms with van der Waals surface area (Å²) >= 11 is 0. The van der Waals surface area contributed by atoms with Crippen LogP contribution in [0.5, 0.6) is 0 Å². The van der Waals surface area contributed by atoms with Gasteiger partial charge in [-0.05, 0) is 38.8 Å². The molecule has 3 heteroatoms. The van der Waals surface area contributed by atoms with Crippen LogP contribution in [0.4, 0.5) is 0 Å². The third-order valence-corrected chi connectivity index (χ3v) is 20.9. The highest BCUT2D eigenvalue weighted by atomic mass is 28.3. The standard InChI is InChI=1S/C31H53NSi2/c1-25(2)33(26(3)4,27(5)6)22-16-20-32(24-31-18-14-13-15-19-31)21-17-23-34(28(7)8,29(9)10)30(11)12/h13-15,18-19,25-30H,20-21,24H2,1-12H3. The van der Waals surface area contributed by atoms with Crippen molar-refractivity contribution in [2.45, 2.75) is 123 Å². The molecule has 0 saturated carbocycles. The third kappa shape index (κ3) is 7.37. The fourth-order valence-electron chi connectivity index (χ4n) is 6.48. The minimum Gasteiger partial charge on any atom is -0.277 e. The van der Waals surface area contributed by atoms with Gasteiger partial charge in [0.2, 0.25) is 0 Å². The first-order valence-corrected chi connectivity index (χ1v) is 18.0. The molecule has 1 rings (SSSR count). The Morgan fingerprint density at radius 1 is 0.559 bits per heavy atom. The van der Waals surface area contributed by atoms with Gasteiger partial charge in [0.15, 0.2) is 0 Å². The van der Waals surface area contributed by atoms with Gasteiger partial charge in [0, 0.05) is 6.54 Å². The molecule has 0 spiro atoms. The molecule has 0 aromatic heterocycles. The van der Waals surface area contributed by atoms with Gasteiger partial charge >= 0.3 is 0 Å². The van der Waals surface area contributed by atoms with Crippen LogP contribution in [0.25, 0.3) is 0 Å². The summed E-state index contributed by atoms with van der Waals surface area (Å²) in [5.41, 5.74) is 13.2. The molecule has 0 bridgehead atoms. The first-order valence-electron chi connectivity index (χ1n) is 13.6. The molecule has 0 amide bonds. The molecule has 1 aromatic carbocycles. The van der Waals surface area contributed by atoms with Gasteiger partial charge in [0.25, 0.3) is 0 Å². The fraction of sp³-hybridized carbons (Fsp3) is 0.677. The van der Waals surface area contributed by atoms with Crippen LogP contribution in [0, 0.1) is 22.9 Å². The lowest BCUT2D eigenvalue weighted by Gasteiger charge is -2.38. The number of benzene rings is 1. The fourth-order valence-corrected chi connectivity index (χ4v) is 17.0. The topological polar surface area (TPSA) is 3.24 Å². The molecule has 0 aliphatic heterocycles. The van der Waals surface area contributed by atoms with E-state index in [1.165, 1.54) is 5.56 Å². The molecule has 0 aliphatic carbocycles. The van der Waals surface area contributed by atoms with Crippen molar-refractivity contribution in [2.24, 2.45) is 0 Å². The smallest absolute Gasteiger partial charge is 0.146 e. The van der Waals surface area contributed by atoms with Crippen LogP contribution in [0.2, 0.25) is 33.2 Å². The van der Waals surface area contributed by atoms with E-state index in [1.807, 2.05) is 0 Å². The summed E-state index contributed by atoms with van der Waals surface area (Å²) in [5, 5.41) is 0. The number of hydrogen-bond acceptors (Lipinski definition) is 1. The highest BCUT2D eigenvalue weighted by molar-refractivity contribution is 6.91. The molecule has 0 atom stereocenters. The molecular weight excluding hydrogens is 443 g/mol. The predicted molar refractivity (Wildman–Crippen MR) is 159 cm³/mol. The molecule has 0 heterocycles. The van der Waals surface area contributed by atoms with Crippen molar-refractivity contribution in [3.63, 3.8) is 0 Å². The summed E-state index contributed by atoms with van der Waals surface area (Å²) in [6.45, 7) is 31.2. The van der Waals surface area contributed by atoms with Crippen molar-refractivity contribution < 1.29 is 0 Å². The van der Waals surface area contributed by atoms with E-state index < -0.39 is 16.1 Å². The molecule has 1 nitrogen and oxygen atoms in total. The molecule has 0 aliphatic rings. The summed E-state index contributed by atoms with van der Waals surface area (Å²) in [4.78, 5) is 2.45. The Hall–Kier alpha value is -1.27. The zero-order valence-corrected chi connectivity index (χ0v) is 26.4. The molecule has 34 heavy (non-hydrogen) atoms. The van der Waals surface area contributed by atoms with Crippen LogP contribution in [-0.4, -0.2) is 34.1 Å². The minimum absolute atomic E-state index is 0.664. The highest BCUT2D eigenvalue weighted by Gasteiger charge is 2.42. The molecule has 0 fully saturated rings. The van der Waals surface area contributed by atoms with E-state index in [4.69, 9.17) is 0 Å². The van der Waals surface area contributed by atoms with Gasteiger partial charge in [0.05, 0.1) is 13.1 Å². The second kappa shape index (κ2) is 13.7. The molecule has 0 saturated heterocycles. The van der Waals surface area contributed by atoms with Crippen molar-refractivity contribution in [1.82, 2.24) is 4.90 Å². The number of nitrogens with zero attached hydrogens (tertiary/aromatic N) is 1. The highest BCUT2D eigenvalue weighted by Crippen LogP contribution is 2.41. The quantitative estimate of drug-likeness (QED) is 0.231. The number of hydrogen-bond donors (Lipinski definition) is 0. The molecule has 0 radical (unpaired) electrons. The van der Waals surface area contributed by atoms with Crippen LogP contribution >= 0.6 is 0 Å². The maximum absolute atomic E-state index is 3.92. The second-order valence-electron chi connectivity index (χ2n) is 12.0. The van der Waals surface area contributed by atoms with E-state index in [0.717, 1.165) is 19.6 Å². The summed E-state index contributed by atoms with van der Waals surface area (Å²) in [5.74, 6) is 7.38. The summed E-state index contributed by atoms with van der Waals surface area (Å²) in [7, 11) is -3.42. The van der Waals surface area contributed by atoms with E-state index in [1.54, 1.807) is 0 Å².